The summed E-state index contributed by atoms with van der Waals surface area (Å²) in [7, 11) is 0. The Bertz CT molecular complexity index is 404. The van der Waals surface area contributed by atoms with Crippen LogP contribution >= 0.6 is 0 Å². The van der Waals surface area contributed by atoms with Crippen LogP contribution in [-0.4, -0.2) is 23.1 Å². The van der Waals surface area contributed by atoms with Gasteiger partial charge in [0, 0.05) is 5.69 Å². The number of carboxylic acids is 1. The van der Waals surface area contributed by atoms with Crippen molar-refractivity contribution in [1.29, 1.82) is 0 Å². The van der Waals surface area contributed by atoms with Crippen LogP contribution in [0.5, 0.6) is 0 Å². The Hall–Kier alpha value is -2.04. The standard InChI is InChI=1S/C11H14N2O3/c1-7-4-3-5-9(6-7)13-11(16)12-8(2)10(14)15/h3-6,8H,1-2H3,(H,14,15)(H2,12,13,16)/t8-/m1/s1. The fraction of sp³-hybridized carbons (Fsp3) is 0.273. The molecule has 0 saturated carbocycles. The number of hydrogen-bond donors (Lipinski definition) is 3. The molecule has 1 rings (SSSR count). The normalized spacial score (nSPS) is 11.6. The van der Waals surface area contributed by atoms with Gasteiger partial charge < -0.3 is 15.7 Å². The Morgan fingerprint density at radius 3 is 2.62 bits per heavy atom. The number of nitrogens with one attached hydrogen (secondary N) is 2. The Labute approximate surface area is 93.5 Å². The monoisotopic (exact) mass is 222 g/mol. The van der Waals surface area contributed by atoms with Gasteiger partial charge in [-0.05, 0) is 31.5 Å². The van der Waals surface area contributed by atoms with Crippen molar-refractivity contribution in [2.75, 3.05) is 5.32 Å². The van der Waals surface area contributed by atoms with E-state index in [0.29, 0.717) is 5.69 Å². The Kier molecular flexibility index (Phi) is 3.88. The highest BCUT2D eigenvalue weighted by Gasteiger charge is 2.13. The Morgan fingerprint density at radius 2 is 2.06 bits per heavy atom. The molecule has 3 N–H and O–H groups in total. The maximum atomic E-state index is 11.4. The molecular weight excluding hydrogens is 208 g/mol. The first kappa shape index (κ1) is 12.0. The van der Waals surface area contributed by atoms with E-state index in [1.54, 1.807) is 12.1 Å². The summed E-state index contributed by atoms with van der Waals surface area (Å²) >= 11 is 0. The topological polar surface area (TPSA) is 78.4 Å². The quantitative estimate of drug-likeness (QED) is 0.726. The number of carbonyl (C=O) groups is 2. The zero-order valence-electron chi connectivity index (χ0n) is 9.15. The van der Waals surface area contributed by atoms with Gasteiger partial charge in [0.05, 0.1) is 0 Å². The van der Waals surface area contributed by atoms with E-state index in [9.17, 15) is 9.59 Å². The van der Waals surface area contributed by atoms with Crippen molar-refractivity contribution < 1.29 is 14.7 Å². The lowest BCUT2D eigenvalue weighted by molar-refractivity contribution is -0.138. The van der Waals surface area contributed by atoms with Crippen LogP contribution in [0, 0.1) is 6.92 Å². The van der Waals surface area contributed by atoms with Gasteiger partial charge in [-0.15, -0.1) is 0 Å². The van der Waals surface area contributed by atoms with E-state index in [0.717, 1.165) is 5.56 Å². The maximum absolute atomic E-state index is 11.4. The first-order chi connectivity index (χ1) is 7.49. The van der Waals surface area contributed by atoms with Crippen molar-refractivity contribution >= 4 is 17.7 Å². The molecule has 0 aliphatic rings. The third-order valence-corrected chi connectivity index (χ3v) is 1.99. The number of carbonyl (C=O) groups excluding carboxylic acids is 1. The lowest BCUT2D eigenvalue weighted by Crippen LogP contribution is -2.40. The number of aliphatic carboxylic acids is 1. The van der Waals surface area contributed by atoms with E-state index >= 15 is 0 Å². The molecule has 0 bridgehead atoms. The molecule has 0 radical (unpaired) electrons. The van der Waals surface area contributed by atoms with Gasteiger partial charge in [0.25, 0.3) is 0 Å². The molecule has 0 aliphatic heterocycles. The predicted molar refractivity (Wildman–Crippen MR) is 60.4 cm³/mol. The molecule has 5 nitrogen and oxygen atoms in total. The minimum absolute atomic E-state index is 0.527. The summed E-state index contributed by atoms with van der Waals surface area (Å²) in [6, 6.07) is 5.81. The molecule has 1 atom stereocenters. The summed E-state index contributed by atoms with van der Waals surface area (Å²) < 4.78 is 0. The van der Waals surface area contributed by atoms with Crippen LogP contribution in [0.3, 0.4) is 0 Å². The second kappa shape index (κ2) is 5.16. The number of aryl methyl sites for hydroxylation is 1. The van der Waals surface area contributed by atoms with Crippen LogP contribution < -0.4 is 10.6 Å². The summed E-state index contributed by atoms with van der Waals surface area (Å²) in [6.07, 6.45) is 0. The van der Waals surface area contributed by atoms with Crippen LogP contribution in [0.25, 0.3) is 0 Å². The number of urea groups is 1. The number of anilines is 1. The Balaban J connectivity index is 2.55. The fourth-order valence-corrected chi connectivity index (χ4v) is 1.15. The highest BCUT2D eigenvalue weighted by Crippen LogP contribution is 2.08. The largest absolute Gasteiger partial charge is 0.480 e. The molecule has 1 aromatic rings. The van der Waals surface area contributed by atoms with Crippen molar-refractivity contribution in [2.24, 2.45) is 0 Å². The smallest absolute Gasteiger partial charge is 0.325 e. The van der Waals surface area contributed by atoms with Crippen LogP contribution in [0.1, 0.15) is 12.5 Å². The molecule has 0 aromatic heterocycles. The molecule has 0 spiro atoms. The van der Waals surface area contributed by atoms with Crippen LogP contribution in [-0.2, 0) is 4.79 Å². The summed E-state index contributed by atoms with van der Waals surface area (Å²) in [4.78, 5) is 21.9. The highest BCUT2D eigenvalue weighted by molar-refractivity contribution is 5.92. The van der Waals surface area contributed by atoms with E-state index < -0.39 is 18.0 Å². The molecular formula is C11H14N2O3. The summed E-state index contributed by atoms with van der Waals surface area (Å²) in [6.45, 7) is 3.31. The Morgan fingerprint density at radius 1 is 1.38 bits per heavy atom. The van der Waals surface area contributed by atoms with Gasteiger partial charge in [-0.3, -0.25) is 4.79 Å². The van der Waals surface area contributed by atoms with Crippen molar-refractivity contribution in [3.63, 3.8) is 0 Å². The van der Waals surface area contributed by atoms with Crippen LogP contribution in [0.2, 0.25) is 0 Å². The molecule has 0 heterocycles. The van der Waals surface area contributed by atoms with Crippen molar-refractivity contribution in [3.05, 3.63) is 29.8 Å². The van der Waals surface area contributed by atoms with Crippen LogP contribution in [0.15, 0.2) is 24.3 Å². The molecule has 0 unspecified atom stereocenters. The third kappa shape index (κ3) is 3.61. The maximum Gasteiger partial charge on any atom is 0.325 e. The molecule has 2 amide bonds. The van der Waals surface area contributed by atoms with E-state index in [4.69, 9.17) is 5.11 Å². The highest BCUT2D eigenvalue weighted by atomic mass is 16.4. The van der Waals surface area contributed by atoms with E-state index in [2.05, 4.69) is 10.6 Å². The summed E-state index contributed by atoms with van der Waals surface area (Å²) in [5.41, 5.74) is 1.65. The third-order valence-electron chi connectivity index (χ3n) is 1.99. The molecule has 1 aromatic carbocycles. The van der Waals surface area contributed by atoms with Crippen LogP contribution in [0.4, 0.5) is 10.5 Å². The summed E-state index contributed by atoms with van der Waals surface area (Å²) in [5, 5.41) is 13.5. The van der Waals surface area contributed by atoms with Gasteiger partial charge in [0.15, 0.2) is 0 Å². The average Bonchev–Trinajstić information content (AvgIpc) is 2.16. The van der Waals surface area contributed by atoms with Gasteiger partial charge in [0.1, 0.15) is 6.04 Å². The first-order valence-corrected chi connectivity index (χ1v) is 4.86. The molecule has 0 saturated heterocycles. The van der Waals surface area contributed by atoms with Gasteiger partial charge in [-0.2, -0.15) is 0 Å². The molecule has 86 valence electrons. The SMILES string of the molecule is Cc1cccc(NC(=O)N[C@H](C)C(=O)O)c1. The molecule has 5 heteroatoms. The molecule has 0 aliphatic carbocycles. The van der Waals surface area contributed by atoms with Gasteiger partial charge in [-0.1, -0.05) is 12.1 Å². The van der Waals surface area contributed by atoms with Crippen molar-refractivity contribution in [1.82, 2.24) is 5.32 Å². The van der Waals surface area contributed by atoms with Gasteiger partial charge >= 0.3 is 12.0 Å². The fourth-order valence-electron chi connectivity index (χ4n) is 1.15. The number of hydrogen-bond acceptors (Lipinski definition) is 2. The lowest BCUT2D eigenvalue weighted by atomic mass is 10.2. The van der Waals surface area contributed by atoms with E-state index in [1.807, 2.05) is 19.1 Å². The minimum atomic E-state index is -1.07. The minimum Gasteiger partial charge on any atom is -0.480 e. The van der Waals surface area contributed by atoms with E-state index in [1.165, 1.54) is 6.92 Å². The number of rotatable bonds is 3. The van der Waals surface area contributed by atoms with Gasteiger partial charge in [-0.25, -0.2) is 4.79 Å². The summed E-state index contributed by atoms with van der Waals surface area (Å²) in [5.74, 6) is -1.07. The predicted octanol–water partition coefficient (Wildman–Crippen LogP) is 1.59. The van der Waals surface area contributed by atoms with E-state index in [-0.39, 0.29) is 0 Å². The number of benzene rings is 1. The van der Waals surface area contributed by atoms with Crippen molar-refractivity contribution in [3.8, 4) is 0 Å². The zero-order chi connectivity index (χ0) is 12.1. The molecule has 16 heavy (non-hydrogen) atoms. The first-order valence-electron chi connectivity index (χ1n) is 4.86. The second-order valence-electron chi connectivity index (χ2n) is 3.53. The lowest BCUT2D eigenvalue weighted by Gasteiger charge is -2.10. The van der Waals surface area contributed by atoms with Gasteiger partial charge in [0.2, 0.25) is 0 Å². The average molecular weight is 222 g/mol. The molecule has 0 fully saturated rings. The number of amides is 2. The zero-order valence-corrected chi connectivity index (χ0v) is 9.15. The number of carboxylic acid groups (broad SMARTS) is 1. The van der Waals surface area contributed by atoms with Crippen molar-refractivity contribution in [2.45, 2.75) is 19.9 Å². The second-order valence-corrected chi connectivity index (χ2v) is 3.53.